The molecule has 1 nitrogen and oxygen atoms in total. The second-order valence-electron chi connectivity index (χ2n) is 4.11. The smallest absolute Gasteiger partial charge is 0.248 e. The zero-order valence-corrected chi connectivity index (χ0v) is 8.38. The minimum absolute atomic E-state index is 0. The molecule has 0 amide bonds. The van der Waals surface area contributed by atoms with Gasteiger partial charge in [-0.05, 0) is 37.8 Å². The lowest BCUT2D eigenvalue weighted by Crippen LogP contribution is -2.47. The molecule has 78 valence electrons. The molecule has 0 aromatic heterocycles. The summed E-state index contributed by atoms with van der Waals surface area (Å²) >= 11 is 0. The minimum atomic E-state index is -2.35. The van der Waals surface area contributed by atoms with E-state index in [0.29, 0.717) is 11.8 Å². The SMILES string of the molecule is Cl.FC1(F)CCC(C2CNC2)CC1. The normalized spacial score (nSPS) is 29.1. The van der Waals surface area contributed by atoms with E-state index in [9.17, 15) is 8.78 Å². The number of hydrogen-bond donors (Lipinski definition) is 1. The average Bonchev–Trinajstić information content (AvgIpc) is 1.89. The summed E-state index contributed by atoms with van der Waals surface area (Å²) in [6.45, 7) is 2.10. The molecule has 4 heteroatoms. The van der Waals surface area contributed by atoms with Crippen LogP contribution in [0.1, 0.15) is 25.7 Å². The van der Waals surface area contributed by atoms with Crippen LogP contribution in [0.15, 0.2) is 0 Å². The van der Waals surface area contributed by atoms with Crippen LogP contribution in [0.25, 0.3) is 0 Å². The molecule has 0 atom stereocenters. The van der Waals surface area contributed by atoms with Crippen LogP contribution in [0, 0.1) is 11.8 Å². The highest BCUT2D eigenvalue weighted by Crippen LogP contribution is 2.39. The quantitative estimate of drug-likeness (QED) is 0.703. The van der Waals surface area contributed by atoms with E-state index in [1.165, 1.54) is 0 Å². The first kappa shape index (κ1) is 11.2. The molecule has 2 aliphatic rings. The number of rotatable bonds is 1. The number of halogens is 3. The van der Waals surface area contributed by atoms with Crippen molar-refractivity contribution in [3.8, 4) is 0 Å². The molecule has 1 heterocycles. The molecule has 13 heavy (non-hydrogen) atoms. The molecule has 0 radical (unpaired) electrons. The highest BCUT2D eigenvalue weighted by molar-refractivity contribution is 5.85. The third-order valence-electron chi connectivity index (χ3n) is 3.24. The van der Waals surface area contributed by atoms with Crippen LogP contribution in [-0.2, 0) is 0 Å². The van der Waals surface area contributed by atoms with Gasteiger partial charge < -0.3 is 5.32 Å². The van der Waals surface area contributed by atoms with Crippen molar-refractivity contribution in [1.82, 2.24) is 5.32 Å². The fraction of sp³-hybridized carbons (Fsp3) is 1.00. The van der Waals surface area contributed by atoms with Gasteiger partial charge >= 0.3 is 0 Å². The predicted molar refractivity (Wildman–Crippen MR) is 50.5 cm³/mol. The molecule has 0 aromatic carbocycles. The maximum atomic E-state index is 12.7. The molecule has 2 rings (SSSR count). The molecule has 0 aromatic rings. The lowest BCUT2D eigenvalue weighted by molar-refractivity contribution is -0.0551. The van der Waals surface area contributed by atoms with Gasteiger partial charge in [-0.3, -0.25) is 0 Å². The van der Waals surface area contributed by atoms with Crippen LogP contribution in [0.2, 0.25) is 0 Å². The minimum Gasteiger partial charge on any atom is -0.316 e. The summed E-state index contributed by atoms with van der Waals surface area (Å²) in [6, 6.07) is 0. The summed E-state index contributed by atoms with van der Waals surface area (Å²) in [7, 11) is 0. The highest BCUT2D eigenvalue weighted by atomic mass is 35.5. The van der Waals surface area contributed by atoms with Gasteiger partial charge in [0.25, 0.3) is 0 Å². The van der Waals surface area contributed by atoms with Crippen molar-refractivity contribution in [3.05, 3.63) is 0 Å². The summed E-state index contributed by atoms with van der Waals surface area (Å²) < 4.78 is 25.5. The molecule has 1 aliphatic heterocycles. The van der Waals surface area contributed by atoms with Gasteiger partial charge in [0.05, 0.1) is 0 Å². The summed E-state index contributed by atoms with van der Waals surface area (Å²) in [5, 5.41) is 3.19. The van der Waals surface area contributed by atoms with E-state index >= 15 is 0 Å². The Hall–Kier alpha value is 0.110. The molecule has 0 unspecified atom stereocenters. The van der Waals surface area contributed by atoms with Crippen molar-refractivity contribution in [2.45, 2.75) is 31.6 Å². The molecular formula is C9H16ClF2N. The zero-order valence-electron chi connectivity index (χ0n) is 7.56. The van der Waals surface area contributed by atoms with Crippen molar-refractivity contribution >= 4 is 12.4 Å². The Morgan fingerprint density at radius 3 is 1.92 bits per heavy atom. The lowest BCUT2D eigenvalue weighted by atomic mass is 9.76. The first-order valence-corrected chi connectivity index (χ1v) is 4.76. The number of nitrogens with one attached hydrogen (secondary N) is 1. The van der Waals surface area contributed by atoms with E-state index in [2.05, 4.69) is 5.32 Å². The van der Waals surface area contributed by atoms with Crippen molar-refractivity contribution in [1.29, 1.82) is 0 Å². The summed E-state index contributed by atoms with van der Waals surface area (Å²) in [4.78, 5) is 0. The van der Waals surface area contributed by atoms with E-state index in [-0.39, 0.29) is 25.2 Å². The molecule has 1 saturated heterocycles. The van der Waals surface area contributed by atoms with E-state index in [4.69, 9.17) is 0 Å². The fourth-order valence-electron chi connectivity index (χ4n) is 2.18. The first-order chi connectivity index (χ1) is 5.67. The van der Waals surface area contributed by atoms with Crippen LogP contribution in [0.4, 0.5) is 8.78 Å². The van der Waals surface area contributed by atoms with E-state index < -0.39 is 5.92 Å². The van der Waals surface area contributed by atoms with Gasteiger partial charge in [-0.25, -0.2) is 8.78 Å². The van der Waals surface area contributed by atoms with Crippen molar-refractivity contribution in [2.75, 3.05) is 13.1 Å². The first-order valence-electron chi connectivity index (χ1n) is 4.76. The van der Waals surface area contributed by atoms with Gasteiger partial charge in [0, 0.05) is 12.8 Å². The molecular weight excluding hydrogens is 196 g/mol. The largest absolute Gasteiger partial charge is 0.316 e. The van der Waals surface area contributed by atoms with Crippen molar-refractivity contribution in [3.63, 3.8) is 0 Å². The second kappa shape index (κ2) is 4.09. The standard InChI is InChI=1S/C9H15F2N.ClH/c10-9(11)3-1-7(2-4-9)8-5-12-6-8;/h7-8,12H,1-6H2;1H. The highest BCUT2D eigenvalue weighted by Gasteiger charge is 2.38. The number of alkyl halides is 2. The van der Waals surface area contributed by atoms with Crippen LogP contribution < -0.4 is 5.32 Å². The Balaban J connectivity index is 0.000000845. The van der Waals surface area contributed by atoms with Crippen LogP contribution in [0.5, 0.6) is 0 Å². The second-order valence-corrected chi connectivity index (χ2v) is 4.11. The van der Waals surface area contributed by atoms with Gasteiger partial charge in [0.2, 0.25) is 5.92 Å². The Bertz CT molecular complexity index is 161. The Morgan fingerprint density at radius 2 is 1.54 bits per heavy atom. The Labute approximate surface area is 83.7 Å². The number of hydrogen-bond acceptors (Lipinski definition) is 1. The van der Waals surface area contributed by atoms with E-state index in [1.807, 2.05) is 0 Å². The van der Waals surface area contributed by atoms with Crippen LogP contribution in [0.3, 0.4) is 0 Å². The maximum Gasteiger partial charge on any atom is 0.248 e. The third kappa shape index (κ3) is 2.53. The van der Waals surface area contributed by atoms with Crippen LogP contribution >= 0.6 is 12.4 Å². The van der Waals surface area contributed by atoms with Gasteiger partial charge in [0.1, 0.15) is 0 Å². The monoisotopic (exact) mass is 211 g/mol. The Kier molecular flexibility index (Phi) is 3.52. The Morgan fingerprint density at radius 1 is 1.00 bits per heavy atom. The van der Waals surface area contributed by atoms with Crippen molar-refractivity contribution in [2.24, 2.45) is 11.8 Å². The van der Waals surface area contributed by atoms with Gasteiger partial charge in [-0.15, -0.1) is 12.4 Å². The molecule has 0 bridgehead atoms. The fourth-order valence-corrected chi connectivity index (χ4v) is 2.18. The third-order valence-corrected chi connectivity index (χ3v) is 3.24. The maximum absolute atomic E-state index is 12.7. The van der Waals surface area contributed by atoms with Crippen LogP contribution in [-0.4, -0.2) is 19.0 Å². The molecule has 2 fully saturated rings. The van der Waals surface area contributed by atoms with E-state index in [0.717, 1.165) is 25.9 Å². The topological polar surface area (TPSA) is 12.0 Å². The van der Waals surface area contributed by atoms with E-state index in [1.54, 1.807) is 0 Å². The van der Waals surface area contributed by atoms with Gasteiger partial charge in [-0.1, -0.05) is 0 Å². The summed E-state index contributed by atoms with van der Waals surface area (Å²) in [6.07, 6.45) is 1.71. The molecule has 0 spiro atoms. The van der Waals surface area contributed by atoms with Gasteiger partial charge in [-0.2, -0.15) is 0 Å². The molecule has 1 aliphatic carbocycles. The molecule has 1 saturated carbocycles. The average molecular weight is 212 g/mol. The zero-order chi connectivity index (χ0) is 8.60. The summed E-state index contributed by atoms with van der Waals surface area (Å²) in [5.41, 5.74) is 0. The lowest BCUT2D eigenvalue weighted by Gasteiger charge is -2.38. The van der Waals surface area contributed by atoms with Crippen molar-refractivity contribution < 1.29 is 8.78 Å². The molecule has 1 N–H and O–H groups in total. The predicted octanol–water partition coefficient (Wildman–Crippen LogP) is 2.45. The summed E-state index contributed by atoms with van der Waals surface area (Å²) in [5.74, 6) is -1.08. The van der Waals surface area contributed by atoms with Gasteiger partial charge in [0.15, 0.2) is 0 Å².